The molecule has 1 saturated heterocycles. The van der Waals surface area contributed by atoms with Crippen molar-refractivity contribution >= 4 is 11.6 Å². The average molecular weight is 254 g/mol. The van der Waals surface area contributed by atoms with E-state index >= 15 is 0 Å². The van der Waals surface area contributed by atoms with E-state index in [1.54, 1.807) is 0 Å². The fourth-order valence-corrected chi connectivity index (χ4v) is 1.91. The van der Waals surface area contributed by atoms with Crippen molar-refractivity contribution in [3.05, 3.63) is 29.6 Å². The molecule has 0 radical (unpaired) electrons. The Morgan fingerprint density at radius 1 is 1.44 bits per heavy atom. The van der Waals surface area contributed by atoms with Crippen LogP contribution in [-0.2, 0) is 9.53 Å². The van der Waals surface area contributed by atoms with Crippen molar-refractivity contribution in [1.82, 2.24) is 0 Å². The molecule has 2 rings (SSSR count). The van der Waals surface area contributed by atoms with E-state index in [0.717, 1.165) is 0 Å². The van der Waals surface area contributed by atoms with Gasteiger partial charge in [0.05, 0.1) is 18.9 Å². The Morgan fingerprint density at radius 3 is 2.72 bits per heavy atom. The summed E-state index contributed by atoms with van der Waals surface area (Å²) in [5, 5.41) is 9.57. The van der Waals surface area contributed by atoms with Gasteiger partial charge in [0.15, 0.2) is 6.10 Å². The molecule has 1 amide bonds. The second-order valence-corrected chi connectivity index (χ2v) is 4.12. The summed E-state index contributed by atoms with van der Waals surface area (Å²) in [5.74, 6) is -1.24. The molecule has 1 heterocycles. The van der Waals surface area contributed by atoms with Crippen molar-refractivity contribution < 1.29 is 19.0 Å². The van der Waals surface area contributed by atoms with Crippen molar-refractivity contribution in [1.29, 1.82) is 0 Å². The van der Waals surface area contributed by atoms with E-state index in [1.807, 2.05) is 4.90 Å². The number of rotatable bonds is 3. The van der Waals surface area contributed by atoms with E-state index in [0.29, 0.717) is 37.6 Å². The Hall–Kier alpha value is -1.66. The smallest absolute Gasteiger partial charge is 0.250 e. The van der Waals surface area contributed by atoms with Gasteiger partial charge in [-0.05, 0) is 17.7 Å². The van der Waals surface area contributed by atoms with Gasteiger partial charge >= 0.3 is 0 Å². The molecule has 0 aromatic heterocycles. The summed E-state index contributed by atoms with van der Waals surface area (Å²) >= 11 is 0. The standard InChI is InChI=1S/C12H15FN2O3/c13-9-2-1-8(11(16)12(14)17)7-10(9)15-3-5-18-6-4-15/h1-2,7,11,16H,3-6H2,(H2,14,17). The minimum absolute atomic E-state index is 0.297. The number of ether oxygens (including phenoxy) is 1. The number of hydrogen-bond donors (Lipinski definition) is 2. The maximum atomic E-state index is 13.7. The highest BCUT2D eigenvalue weighted by Crippen LogP contribution is 2.25. The van der Waals surface area contributed by atoms with E-state index in [4.69, 9.17) is 10.5 Å². The summed E-state index contributed by atoms with van der Waals surface area (Å²) < 4.78 is 18.9. The summed E-state index contributed by atoms with van der Waals surface area (Å²) in [7, 11) is 0. The third kappa shape index (κ3) is 2.60. The number of aliphatic hydroxyl groups is 1. The molecule has 0 spiro atoms. The number of morpholine rings is 1. The van der Waals surface area contributed by atoms with Crippen LogP contribution in [0, 0.1) is 5.82 Å². The van der Waals surface area contributed by atoms with E-state index in [2.05, 4.69) is 0 Å². The lowest BCUT2D eigenvalue weighted by Crippen LogP contribution is -2.36. The van der Waals surface area contributed by atoms with Gasteiger partial charge in [0.1, 0.15) is 5.82 Å². The first kappa shape index (κ1) is 12.8. The number of primary amides is 1. The van der Waals surface area contributed by atoms with Gasteiger partial charge in [-0.25, -0.2) is 4.39 Å². The van der Waals surface area contributed by atoms with Gasteiger partial charge in [0, 0.05) is 13.1 Å². The lowest BCUT2D eigenvalue weighted by atomic mass is 10.1. The molecule has 1 atom stereocenters. The van der Waals surface area contributed by atoms with Crippen LogP contribution in [0.5, 0.6) is 0 Å². The van der Waals surface area contributed by atoms with Crippen molar-refractivity contribution in [2.45, 2.75) is 6.10 Å². The third-order valence-electron chi connectivity index (χ3n) is 2.91. The van der Waals surface area contributed by atoms with E-state index < -0.39 is 17.8 Å². The molecule has 3 N–H and O–H groups in total. The maximum Gasteiger partial charge on any atom is 0.250 e. The number of aliphatic hydroxyl groups excluding tert-OH is 1. The summed E-state index contributed by atoms with van der Waals surface area (Å²) in [6.45, 7) is 2.21. The van der Waals surface area contributed by atoms with Crippen molar-refractivity contribution in [3.63, 3.8) is 0 Å². The highest BCUT2D eigenvalue weighted by atomic mass is 19.1. The molecular formula is C12H15FN2O3. The van der Waals surface area contributed by atoms with Crippen molar-refractivity contribution in [2.75, 3.05) is 31.2 Å². The molecule has 1 aromatic carbocycles. The van der Waals surface area contributed by atoms with Gasteiger partial charge in [0.25, 0.3) is 5.91 Å². The topological polar surface area (TPSA) is 75.8 Å². The summed E-state index contributed by atoms with van der Waals surface area (Å²) in [5.41, 5.74) is 5.67. The fourth-order valence-electron chi connectivity index (χ4n) is 1.91. The number of nitrogens with zero attached hydrogens (tertiary/aromatic N) is 1. The zero-order valence-electron chi connectivity index (χ0n) is 9.80. The molecule has 1 aliphatic heterocycles. The van der Waals surface area contributed by atoms with E-state index in [1.165, 1.54) is 18.2 Å². The lowest BCUT2D eigenvalue weighted by molar-refractivity contribution is -0.126. The van der Waals surface area contributed by atoms with Crippen LogP contribution in [0.3, 0.4) is 0 Å². The summed E-state index contributed by atoms with van der Waals surface area (Å²) in [6.07, 6.45) is -1.41. The Labute approximate surface area is 104 Å². The second-order valence-electron chi connectivity index (χ2n) is 4.12. The molecule has 1 aromatic rings. The number of nitrogens with two attached hydrogens (primary N) is 1. The van der Waals surface area contributed by atoms with Gasteiger partial charge in [-0.3, -0.25) is 4.79 Å². The number of anilines is 1. The van der Waals surface area contributed by atoms with Crippen LogP contribution in [-0.4, -0.2) is 37.3 Å². The normalized spacial score (nSPS) is 17.6. The number of benzene rings is 1. The zero-order chi connectivity index (χ0) is 13.1. The summed E-state index contributed by atoms with van der Waals surface area (Å²) in [4.78, 5) is 12.7. The molecule has 18 heavy (non-hydrogen) atoms. The highest BCUT2D eigenvalue weighted by molar-refractivity contribution is 5.80. The lowest BCUT2D eigenvalue weighted by Gasteiger charge is -2.29. The monoisotopic (exact) mass is 254 g/mol. The Balaban J connectivity index is 2.28. The predicted octanol–water partition coefficient (Wildman–Crippen LogP) is 0.181. The molecule has 1 aliphatic rings. The first-order chi connectivity index (χ1) is 8.59. The summed E-state index contributed by atoms with van der Waals surface area (Å²) in [6, 6.07) is 4.04. The second kappa shape index (κ2) is 5.32. The molecule has 0 saturated carbocycles. The first-order valence-corrected chi connectivity index (χ1v) is 5.69. The van der Waals surface area contributed by atoms with Crippen molar-refractivity contribution in [3.8, 4) is 0 Å². The van der Waals surface area contributed by atoms with Gasteiger partial charge < -0.3 is 20.5 Å². The molecule has 5 nitrogen and oxygen atoms in total. The van der Waals surface area contributed by atoms with Crippen LogP contribution in [0.25, 0.3) is 0 Å². The van der Waals surface area contributed by atoms with Crippen LogP contribution in [0.15, 0.2) is 18.2 Å². The SMILES string of the molecule is NC(=O)C(O)c1ccc(F)c(N2CCOCC2)c1. The van der Waals surface area contributed by atoms with Crippen LogP contribution in [0.4, 0.5) is 10.1 Å². The number of halogens is 1. The number of carbonyl (C=O) groups is 1. The van der Waals surface area contributed by atoms with E-state index in [-0.39, 0.29) is 0 Å². The number of carbonyl (C=O) groups excluding carboxylic acids is 1. The van der Waals surface area contributed by atoms with Gasteiger partial charge in [0.2, 0.25) is 0 Å². The number of amides is 1. The van der Waals surface area contributed by atoms with Crippen LogP contribution < -0.4 is 10.6 Å². The zero-order valence-corrected chi connectivity index (χ0v) is 9.80. The Morgan fingerprint density at radius 2 is 2.11 bits per heavy atom. The average Bonchev–Trinajstić information content (AvgIpc) is 2.39. The van der Waals surface area contributed by atoms with Crippen LogP contribution >= 0.6 is 0 Å². The highest BCUT2D eigenvalue weighted by Gasteiger charge is 2.19. The minimum Gasteiger partial charge on any atom is -0.378 e. The number of hydrogen-bond acceptors (Lipinski definition) is 4. The predicted molar refractivity (Wildman–Crippen MR) is 63.6 cm³/mol. The molecule has 0 aliphatic carbocycles. The van der Waals surface area contributed by atoms with Crippen LogP contribution in [0.1, 0.15) is 11.7 Å². The molecule has 1 unspecified atom stereocenters. The minimum atomic E-state index is -1.41. The molecule has 0 bridgehead atoms. The first-order valence-electron chi connectivity index (χ1n) is 5.69. The van der Waals surface area contributed by atoms with Gasteiger partial charge in [-0.2, -0.15) is 0 Å². The van der Waals surface area contributed by atoms with E-state index in [9.17, 15) is 14.3 Å². The molecule has 1 fully saturated rings. The van der Waals surface area contributed by atoms with Crippen molar-refractivity contribution in [2.24, 2.45) is 5.73 Å². The van der Waals surface area contributed by atoms with Gasteiger partial charge in [-0.1, -0.05) is 6.07 Å². The fraction of sp³-hybridized carbons (Fsp3) is 0.417. The third-order valence-corrected chi connectivity index (χ3v) is 2.91. The molecule has 6 heteroatoms. The largest absolute Gasteiger partial charge is 0.378 e. The van der Waals surface area contributed by atoms with Crippen LogP contribution in [0.2, 0.25) is 0 Å². The molecular weight excluding hydrogens is 239 g/mol. The molecule has 98 valence electrons. The maximum absolute atomic E-state index is 13.7. The van der Waals surface area contributed by atoms with Gasteiger partial charge in [-0.15, -0.1) is 0 Å². The Bertz CT molecular complexity index is 447. The Kier molecular flexibility index (Phi) is 3.78. The quantitative estimate of drug-likeness (QED) is 0.807.